The average molecular weight is 380 g/mol. The van der Waals surface area contributed by atoms with Gasteiger partial charge in [-0.2, -0.15) is 4.98 Å². The number of halogens is 1. The molecule has 27 heavy (non-hydrogen) atoms. The minimum atomic E-state index is 0.224. The fraction of sp³-hybridized carbons (Fsp3) is 0.200. The molecule has 0 amide bonds. The normalized spacial score (nSPS) is 12.8. The van der Waals surface area contributed by atoms with Gasteiger partial charge in [0.2, 0.25) is 5.95 Å². The highest BCUT2D eigenvalue weighted by Gasteiger charge is 2.20. The first kappa shape index (κ1) is 17.4. The number of hydrogen-bond acceptors (Lipinski definition) is 6. The van der Waals surface area contributed by atoms with E-state index in [0.717, 1.165) is 39.6 Å². The number of nitrogens with one attached hydrogen (secondary N) is 2. The number of nitrogens with zero attached hydrogens (tertiary/aromatic N) is 3. The molecule has 7 heteroatoms. The molecule has 2 aromatic heterocycles. The first-order valence-corrected chi connectivity index (χ1v) is 8.99. The van der Waals surface area contributed by atoms with Crippen molar-refractivity contribution < 1.29 is 4.79 Å². The van der Waals surface area contributed by atoms with Crippen molar-refractivity contribution in [3.8, 4) is 11.3 Å². The van der Waals surface area contributed by atoms with Crippen LogP contribution in [0.2, 0.25) is 5.02 Å². The number of pyridine rings is 1. The van der Waals surface area contributed by atoms with Gasteiger partial charge in [0, 0.05) is 49.1 Å². The maximum Gasteiger partial charge on any atom is 0.229 e. The van der Waals surface area contributed by atoms with Gasteiger partial charge in [-0.25, -0.2) is 4.98 Å². The highest BCUT2D eigenvalue weighted by Crippen LogP contribution is 2.32. The molecule has 0 spiro atoms. The third-order valence-electron chi connectivity index (χ3n) is 4.47. The highest BCUT2D eigenvalue weighted by molar-refractivity contribution is 6.33. The van der Waals surface area contributed by atoms with Crippen molar-refractivity contribution in [1.29, 1.82) is 0 Å². The van der Waals surface area contributed by atoms with E-state index >= 15 is 0 Å². The van der Waals surface area contributed by atoms with Gasteiger partial charge in [-0.05, 0) is 42.3 Å². The van der Waals surface area contributed by atoms with Crippen LogP contribution in [0.25, 0.3) is 11.3 Å². The van der Waals surface area contributed by atoms with E-state index < -0.39 is 0 Å². The van der Waals surface area contributed by atoms with Crippen LogP contribution in [0.5, 0.6) is 0 Å². The molecule has 0 bridgehead atoms. The Hall–Kier alpha value is -2.99. The molecular formula is C20H18ClN5O. The summed E-state index contributed by atoms with van der Waals surface area (Å²) in [7, 11) is 1.82. The summed E-state index contributed by atoms with van der Waals surface area (Å²) in [6, 6.07) is 9.42. The molecule has 4 rings (SSSR count). The predicted molar refractivity (Wildman–Crippen MR) is 107 cm³/mol. The predicted octanol–water partition coefficient (Wildman–Crippen LogP) is 3.95. The van der Waals surface area contributed by atoms with Gasteiger partial charge in [-0.15, -0.1) is 0 Å². The zero-order valence-electron chi connectivity index (χ0n) is 15.0. The van der Waals surface area contributed by atoms with Crippen LogP contribution in [0.15, 0.2) is 36.5 Å². The summed E-state index contributed by atoms with van der Waals surface area (Å²) in [6.07, 6.45) is 2.70. The second-order valence-electron chi connectivity index (χ2n) is 6.52. The molecule has 1 aromatic carbocycles. The van der Waals surface area contributed by atoms with Crippen LogP contribution in [0.3, 0.4) is 0 Å². The second kappa shape index (κ2) is 6.96. The molecule has 0 fully saturated rings. The van der Waals surface area contributed by atoms with Crippen LogP contribution in [0.4, 0.5) is 17.5 Å². The van der Waals surface area contributed by atoms with E-state index in [-0.39, 0.29) is 5.78 Å². The Kier molecular flexibility index (Phi) is 4.49. The number of carbonyl (C=O) groups excluding carboxylic acids is 1. The van der Waals surface area contributed by atoms with Crippen LogP contribution >= 0.6 is 11.6 Å². The van der Waals surface area contributed by atoms with Crippen molar-refractivity contribution in [2.45, 2.75) is 19.8 Å². The second-order valence-corrected chi connectivity index (χ2v) is 6.93. The van der Waals surface area contributed by atoms with Crippen LogP contribution in [0.1, 0.15) is 16.8 Å². The third-order valence-corrected chi connectivity index (χ3v) is 4.80. The Morgan fingerprint density at radius 3 is 2.70 bits per heavy atom. The fourth-order valence-electron chi connectivity index (χ4n) is 3.16. The SMILES string of the molecule is CNc1cc(C)nc(Nc2ccc(Cl)c(-c3cc4c(cn3)CC(=O)C4)c2)n1. The molecule has 2 N–H and O–H groups in total. The van der Waals surface area contributed by atoms with Crippen molar-refractivity contribution in [3.63, 3.8) is 0 Å². The zero-order chi connectivity index (χ0) is 19.0. The Balaban J connectivity index is 1.67. The lowest BCUT2D eigenvalue weighted by Crippen LogP contribution is -2.02. The maximum absolute atomic E-state index is 11.7. The van der Waals surface area contributed by atoms with Gasteiger partial charge in [0.05, 0.1) is 10.7 Å². The molecule has 0 unspecified atom stereocenters. The van der Waals surface area contributed by atoms with E-state index in [1.54, 1.807) is 6.20 Å². The van der Waals surface area contributed by atoms with Crippen LogP contribution in [-0.2, 0) is 17.6 Å². The molecule has 0 aliphatic heterocycles. The molecule has 1 aliphatic rings. The molecule has 6 nitrogen and oxygen atoms in total. The number of ketones is 1. The largest absolute Gasteiger partial charge is 0.373 e. The Labute approximate surface area is 162 Å². The van der Waals surface area contributed by atoms with Crippen LogP contribution < -0.4 is 10.6 Å². The number of rotatable bonds is 4. The summed E-state index contributed by atoms with van der Waals surface area (Å²) in [5, 5.41) is 6.83. The lowest BCUT2D eigenvalue weighted by molar-refractivity contribution is -0.117. The molecule has 0 radical (unpaired) electrons. The smallest absolute Gasteiger partial charge is 0.229 e. The first-order valence-electron chi connectivity index (χ1n) is 8.61. The minimum absolute atomic E-state index is 0.224. The number of aromatic nitrogens is 3. The Morgan fingerprint density at radius 2 is 1.89 bits per heavy atom. The average Bonchev–Trinajstić information content (AvgIpc) is 3.02. The molecule has 0 atom stereocenters. The van der Waals surface area contributed by atoms with Crippen molar-refractivity contribution in [2.75, 3.05) is 17.7 Å². The molecule has 136 valence electrons. The summed E-state index contributed by atoms with van der Waals surface area (Å²) in [6.45, 7) is 1.91. The monoisotopic (exact) mass is 379 g/mol. The zero-order valence-corrected chi connectivity index (χ0v) is 15.8. The third kappa shape index (κ3) is 3.61. The molecular weight excluding hydrogens is 362 g/mol. The summed E-state index contributed by atoms with van der Waals surface area (Å²) in [5.41, 5.74) is 5.24. The Bertz CT molecular complexity index is 1050. The lowest BCUT2D eigenvalue weighted by Gasteiger charge is -2.11. The van der Waals surface area contributed by atoms with Gasteiger partial charge < -0.3 is 10.6 Å². The van der Waals surface area contributed by atoms with Crippen LogP contribution in [-0.4, -0.2) is 27.8 Å². The fourth-order valence-corrected chi connectivity index (χ4v) is 3.38. The van der Waals surface area contributed by atoms with Crippen molar-refractivity contribution in [2.24, 2.45) is 0 Å². The van der Waals surface area contributed by atoms with Gasteiger partial charge in [0.25, 0.3) is 0 Å². The molecule has 1 aliphatic carbocycles. The van der Waals surface area contributed by atoms with E-state index in [9.17, 15) is 4.79 Å². The summed E-state index contributed by atoms with van der Waals surface area (Å²) in [5.74, 6) is 1.46. The van der Waals surface area contributed by atoms with E-state index in [4.69, 9.17) is 11.6 Å². The number of Topliss-reactive ketones (excluding diaryl/α,β-unsaturated/α-hetero) is 1. The number of fused-ring (bicyclic) bond motifs is 1. The topological polar surface area (TPSA) is 79.8 Å². The number of anilines is 3. The first-order chi connectivity index (χ1) is 13.0. The van der Waals surface area contributed by atoms with Crippen molar-refractivity contribution in [1.82, 2.24) is 15.0 Å². The van der Waals surface area contributed by atoms with Gasteiger partial charge in [-0.1, -0.05) is 11.6 Å². The minimum Gasteiger partial charge on any atom is -0.373 e. The van der Waals surface area contributed by atoms with Crippen molar-refractivity contribution in [3.05, 3.63) is 58.4 Å². The lowest BCUT2D eigenvalue weighted by atomic mass is 10.1. The summed E-state index contributed by atoms with van der Waals surface area (Å²) in [4.78, 5) is 25.0. The van der Waals surface area contributed by atoms with E-state index in [2.05, 4.69) is 25.6 Å². The standard InChI is InChI=1S/C20H18ClN5O/c1-11-5-19(22-2)26-20(24-11)25-14-3-4-17(21)16(9-14)18-8-12-6-15(27)7-13(12)10-23-18/h3-5,8-10H,6-7H2,1-2H3,(H2,22,24,25,26). The number of carbonyl (C=O) groups is 1. The van der Waals surface area contributed by atoms with E-state index in [1.165, 1.54) is 0 Å². The van der Waals surface area contributed by atoms with Gasteiger partial charge in [-0.3, -0.25) is 9.78 Å². The van der Waals surface area contributed by atoms with Crippen molar-refractivity contribution >= 4 is 34.8 Å². The highest BCUT2D eigenvalue weighted by atomic mass is 35.5. The molecule has 0 saturated carbocycles. The Morgan fingerprint density at radius 1 is 1.07 bits per heavy atom. The molecule has 2 heterocycles. The summed E-state index contributed by atoms with van der Waals surface area (Å²) < 4.78 is 0. The number of hydrogen-bond donors (Lipinski definition) is 2. The maximum atomic E-state index is 11.7. The van der Waals surface area contributed by atoms with Gasteiger partial charge in [0.15, 0.2) is 0 Å². The quantitative estimate of drug-likeness (QED) is 0.714. The van der Waals surface area contributed by atoms with Crippen LogP contribution in [0, 0.1) is 6.92 Å². The number of aryl methyl sites for hydroxylation is 1. The molecule has 0 saturated heterocycles. The van der Waals surface area contributed by atoms with E-state index in [0.29, 0.717) is 23.8 Å². The van der Waals surface area contributed by atoms with Gasteiger partial charge >= 0.3 is 0 Å². The molecule has 3 aromatic rings. The number of benzene rings is 1. The summed E-state index contributed by atoms with van der Waals surface area (Å²) >= 11 is 6.41. The van der Waals surface area contributed by atoms with Gasteiger partial charge in [0.1, 0.15) is 11.6 Å². The van der Waals surface area contributed by atoms with E-state index in [1.807, 2.05) is 44.3 Å².